The van der Waals surface area contributed by atoms with Gasteiger partial charge in [-0.05, 0) is 24.6 Å². The van der Waals surface area contributed by atoms with Gasteiger partial charge < -0.3 is 5.32 Å². The molecule has 0 aromatic heterocycles. The zero-order valence-electron chi connectivity index (χ0n) is 6.18. The number of rotatable bonds is 1. The Morgan fingerprint density at radius 1 is 1.36 bits per heavy atom. The smallest absolute Gasteiger partial charge is 0.0343 e. The van der Waals surface area contributed by atoms with E-state index < -0.39 is 0 Å². The predicted molar refractivity (Wildman–Crippen MR) is 49.5 cm³/mol. The predicted octanol–water partition coefficient (Wildman–Crippen LogP) is 2.48. The Hall–Kier alpha value is -0.340. The summed E-state index contributed by atoms with van der Waals surface area (Å²) in [4.78, 5) is 0. The van der Waals surface area contributed by atoms with Crippen LogP contribution in [0.2, 0.25) is 0 Å². The van der Waals surface area contributed by atoms with E-state index in [0.717, 1.165) is 6.54 Å². The summed E-state index contributed by atoms with van der Waals surface area (Å²) in [6, 6.07) is 8.98. The minimum Gasteiger partial charge on any atom is -0.310 e. The van der Waals surface area contributed by atoms with Crippen LogP contribution in [0, 0.1) is 0 Å². The lowest BCUT2D eigenvalue weighted by atomic mass is 9.98. The molecule has 0 spiro atoms. The van der Waals surface area contributed by atoms with E-state index in [-0.39, 0.29) is 0 Å². The van der Waals surface area contributed by atoms with Gasteiger partial charge in [0.2, 0.25) is 0 Å². The van der Waals surface area contributed by atoms with Crippen LogP contribution in [0.3, 0.4) is 0 Å². The van der Waals surface area contributed by atoms with Gasteiger partial charge >= 0.3 is 0 Å². The summed E-state index contributed by atoms with van der Waals surface area (Å²) < 4.78 is 1.22. The maximum absolute atomic E-state index is 3.53. The lowest BCUT2D eigenvalue weighted by Crippen LogP contribution is -2.35. The Bertz CT molecular complexity index is 255. The molecular weight excluding hydrogens is 202 g/mol. The zero-order valence-corrected chi connectivity index (χ0v) is 7.76. The molecule has 1 aromatic rings. The van der Waals surface area contributed by atoms with Gasteiger partial charge in [0, 0.05) is 10.5 Å². The third kappa shape index (κ3) is 1.33. The van der Waals surface area contributed by atoms with E-state index in [9.17, 15) is 0 Å². The molecule has 1 N–H and O–H groups in total. The highest BCUT2D eigenvalue weighted by Crippen LogP contribution is 2.28. The van der Waals surface area contributed by atoms with Gasteiger partial charge in [0.1, 0.15) is 0 Å². The molecule has 1 aromatic carbocycles. The highest BCUT2D eigenvalue weighted by atomic mass is 79.9. The molecule has 2 rings (SSSR count). The van der Waals surface area contributed by atoms with Crippen LogP contribution >= 0.6 is 15.9 Å². The van der Waals surface area contributed by atoms with Crippen molar-refractivity contribution < 1.29 is 0 Å². The Kier molecular flexibility index (Phi) is 1.96. The van der Waals surface area contributed by atoms with Crippen molar-refractivity contribution in [2.75, 3.05) is 6.54 Å². The zero-order chi connectivity index (χ0) is 7.68. The van der Waals surface area contributed by atoms with E-state index >= 15 is 0 Å². The Labute approximate surface area is 74.9 Å². The van der Waals surface area contributed by atoms with Crippen LogP contribution in [0.1, 0.15) is 18.0 Å². The summed E-state index contributed by atoms with van der Waals surface area (Å²) in [7, 11) is 0. The van der Waals surface area contributed by atoms with Crippen LogP contribution in [0.15, 0.2) is 28.7 Å². The first-order valence-corrected chi connectivity index (χ1v) is 4.65. The molecule has 11 heavy (non-hydrogen) atoms. The number of hydrogen-bond donors (Lipinski definition) is 1. The lowest BCUT2D eigenvalue weighted by molar-refractivity contribution is 0.382. The fourth-order valence-corrected chi connectivity index (χ4v) is 1.87. The molecule has 0 aliphatic carbocycles. The van der Waals surface area contributed by atoms with Crippen LogP contribution in [-0.2, 0) is 0 Å². The topological polar surface area (TPSA) is 12.0 Å². The van der Waals surface area contributed by atoms with Crippen molar-refractivity contribution in [1.82, 2.24) is 5.32 Å². The van der Waals surface area contributed by atoms with Crippen molar-refractivity contribution in [3.63, 3.8) is 0 Å². The van der Waals surface area contributed by atoms with Crippen LogP contribution in [-0.4, -0.2) is 6.54 Å². The van der Waals surface area contributed by atoms with Crippen molar-refractivity contribution >= 4 is 15.9 Å². The van der Waals surface area contributed by atoms with Crippen molar-refractivity contribution in [3.05, 3.63) is 34.3 Å². The van der Waals surface area contributed by atoms with E-state index in [1.54, 1.807) is 0 Å². The lowest BCUT2D eigenvalue weighted by Gasteiger charge is -2.28. The molecule has 1 aliphatic rings. The second-order valence-corrected chi connectivity index (χ2v) is 3.67. The maximum atomic E-state index is 3.53. The van der Waals surface area contributed by atoms with E-state index in [4.69, 9.17) is 0 Å². The molecule has 2 heteroatoms. The molecule has 1 aliphatic heterocycles. The Balaban J connectivity index is 2.28. The van der Waals surface area contributed by atoms with E-state index in [0.29, 0.717) is 6.04 Å². The molecule has 1 saturated heterocycles. The van der Waals surface area contributed by atoms with Crippen molar-refractivity contribution in [1.29, 1.82) is 0 Å². The molecular formula is C9H10BrN. The van der Waals surface area contributed by atoms with Gasteiger partial charge in [0.25, 0.3) is 0 Å². The number of benzene rings is 1. The summed E-state index contributed by atoms with van der Waals surface area (Å²) in [6.07, 6.45) is 1.27. The fourth-order valence-electron chi connectivity index (χ4n) is 1.31. The highest BCUT2D eigenvalue weighted by molar-refractivity contribution is 9.10. The molecule has 1 nitrogen and oxygen atoms in total. The average Bonchev–Trinajstić information content (AvgIpc) is 1.90. The summed E-state index contributed by atoms with van der Waals surface area (Å²) >= 11 is 3.53. The third-order valence-corrected chi connectivity index (χ3v) is 2.83. The van der Waals surface area contributed by atoms with Gasteiger partial charge in [-0.25, -0.2) is 0 Å². The average molecular weight is 212 g/mol. The highest BCUT2D eigenvalue weighted by Gasteiger charge is 2.19. The monoisotopic (exact) mass is 211 g/mol. The number of hydrogen-bond acceptors (Lipinski definition) is 1. The van der Waals surface area contributed by atoms with Crippen molar-refractivity contribution in [2.24, 2.45) is 0 Å². The summed E-state index contributed by atoms with van der Waals surface area (Å²) in [5, 5.41) is 3.37. The Morgan fingerprint density at radius 3 is 2.64 bits per heavy atom. The molecule has 0 bridgehead atoms. The van der Waals surface area contributed by atoms with E-state index in [1.807, 2.05) is 6.07 Å². The second-order valence-electron chi connectivity index (χ2n) is 2.82. The van der Waals surface area contributed by atoms with Gasteiger partial charge in [0.15, 0.2) is 0 Å². The first kappa shape index (κ1) is 7.32. The van der Waals surface area contributed by atoms with Crippen LogP contribution in [0.5, 0.6) is 0 Å². The molecule has 1 heterocycles. The maximum Gasteiger partial charge on any atom is 0.0343 e. The number of halogens is 1. The Morgan fingerprint density at radius 2 is 2.09 bits per heavy atom. The van der Waals surface area contributed by atoms with Gasteiger partial charge in [-0.15, -0.1) is 0 Å². The molecule has 0 radical (unpaired) electrons. The number of nitrogens with one attached hydrogen (secondary N) is 1. The summed E-state index contributed by atoms with van der Waals surface area (Å²) in [6.45, 7) is 1.16. The van der Waals surface area contributed by atoms with E-state index in [2.05, 4.69) is 39.4 Å². The van der Waals surface area contributed by atoms with Gasteiger partial charge in [0.05, 0.1) is 0 Å². The van der Waals surface area contributed by atoms with Crippen LogP contribution in [0.4, 0.5) is 0 Å². The molecule has 0 saturated carbocycles. The van der Waals surface area contributed by atoms with Gasteiger partial charge in [-0.1, -0.05) is 34.1 Å². The SMILES string of the molecule is Brc1ccccc1[C@H]1CCN1. The molecule has 1 fully saturated rings. The van der Waals surface area contributed by atoms with Crippen LogP contribution < -0.4 is 5.32 Å². The third-order valence-electron chi connectivity index (χ3n) is 2.10. The summed E-state index contributed by atoms with van der Waals surface area (Å²) in [5.74, 6) is 0. The van der Waals surface area contributed by atoms with Gasteiger partial charge in [-0.3, -0.25) is 0 Å². The summed E-state index contributed by atoms with van der Waals surface area (Å²) in [5.41, 5.74) is 1.39. The van der Waals surface area contributed by atoms with Crippen LogP contribution in [0.25, 0.3) is 0 Å². The molecule has 58 valence electrons. The standard InChI is InChI=1S/C9H10BrN/c10-8-4-2-1-3-7(8)9-5-6-11-9/h1-4,9,11H,5-6H2/t9-/m1/s1. The fraction of sp³-hybridized carbons (Fsp3) is 0.333. The van der Waals surface area contributed by atoms with Crippen molar-refractivity contribution in [2.45, 2.75) is 12.5 Å². The minimum absolute atomic E-state index is 0.588. The first-order chi connectivity index (χ1) is 5.38. The van der Waals surface area contributed by atoms with E-state index in [1.165, 1.54) is 16.5 Å². The normalized spacial score (nSPS) is 22.8. The van der Waals surface area contributed by atoms with Crippen molar-refractivity contribution in [3.8, 4) is 0 Å². The molecule has 0 unspecified atom stereocenters. The molecule has 0 amide bonds. The first-order valence-electron chi connectivity index (χ1n) is 3.86. The second kappa shape index (κ2) is 2.95. The van der Waals surface area contributed by atoms with Gasteiger partial charge in [-0.2, -0.15) is 0 Å². The minimum atomic E-state index is 0.588. The molecule has 1 atom stereocenters. The largest absolute Gasteiger partial charge is 0.310 e. The quantitative estimate of drug-likeness (QED) is 0.753.